The molecule has 8 nitrogen and oxygen atoms in total. The molecule has 0 aliphatic carbocycles. The molecule has 25 heavy (non-hydrogen) atoms. The summed E-state index contributed by atoms with van der Waals surface area (Å²) in [5.74, 6) is 0.404. The first-order valence-corrected chi connectivity index (χ1v) is 7.61. The molecule has 0 spiro atoms. The third kappa shape index (κ3) is 6.10. The van der Waals surface area contributed by atoms with E-state index in [1.165, 1.54) is 0 Å². The summed E-state index contributed by atoms with van der Waals surface area (Å²) < 4.78 is 5.41. The van der Waals surface area contributed by atoms with E-state index in [1.54, 1.807) is 42.6 Å². The predicted octanol–water partition coefficient (Wildman–Crippen LogP) is 1.33. The molecule has 2 aromatic rings. The molecule has 1 unspecified atom stereocenters. The number of benzene rings is 1. The number of hydrogen-bond acceptors (Lipinski definition) is 6. The lowest BCUT2D eigenvalue weighted by Gasteiger charge is -2.14. The SMILES string of the molecule is Cc1ccc(NC(=O)NNCC(O)COc2ccccc2C#N)cn1. The molecule has 130 valence electrons. The van der Waals surface area contributed by atoms with Crippen molar-refractivity contribution in [3.05, 3.63) is 53.9 Å². The third-order valence-corrected chi connectivity index (χ3v) is 3.15. The number of hydrogen-bond donors (Lipinski definition) is 4. The summed E-state index contributed by atoms with van der Waals surface area (Å²) in [6.07, 6.45) is 0.678. The highest BCUT2D eigenvalue weighted by atomic mass is 16.5. The molecule has 0 saturated carbocycles. The van der Waals surface area contributed by atoms with Crippen LogP contribution in [-0.2, 0) is 0 Å². The fourth-order valence-electron chi connectivity index (χ4n) is 1.88. The molecule has 0 radical (unpaired) electrons. The number of carbonyl (C=O) groups is 1. The van der Waals surface area contributed by atoms with Gasteiger partial charge in [0.05, 0.1) is 17.4 Å². The molecule has 1 aromatic carbocycles. The number of rotatable bonds is 7. The number of anilines is 1. The zero-order valence-electron chi connectivity index (χ0n) is 13.7. The summed E-state index contributed by atoms with van der Waals surface area (Å²) in [5.41, 5.74) is 6.81. The van der Waals surface area contributed by atoms with E-state index >= 15 is 0 Å². The van der Waals surface area contributed by atoms with E-state index in [0.29, 0.717) is 17.0 Å². The van der Waals surface area contributed by atoms with Gasteiger partial charge in [0, 0.05) is 12.2 Å². The quantitative estimate of drug-likeness (QED) is 0.564. The van der Waals surface area contributed by atoms with Crippen molar-refractivity contribution in [1.82, 2.24) is 15.8 Å². The molecule has 1 heterocycles. The van der Waals surface area contributed by atoms with E-state index in [9.17, 15) is 9.90 Å². The normalized spacial score (nSPS) is 11.2. The van der Waals surface area contributed by atoms with Crippen LogP contribution in [0.2, 0.25) is 0 Å². The number of carbonyl (C=O) groups excluding carboxylic acids is 1. The molecule has 1 aromatic heterocycles. The van der Waals surface area contributed by atoms with Crippen LogP contribution in [0.5, 0.6) is 5.75 Å². The number of nitrogens with one attached hydrogen (secondary N) is 3. The number of aryl methyl sites for hydroxylation is 1. The summed E-state index contributed by atoms with van der Waals surface area (Å²) in [4.78, 5) is 15.7. The molecular weight excluding hydrogens is 322 g/mol. The zero-order valence-corrected chi connectivity index (χ0v) is 13.7. The van der Waals surface area contributed by atoms with E-state index in [0.717, 1.165) is 5.69 Å². The maximum Gasteiger partial charge on any atom is 0.333 e. The van der Waals surface area contributed by atoms with Crippen LogP contribution < -0.4 is 20.9 Å². The van der Waals surface area contributed by atoms with Crippen molar-refractivity contribution in [3.63, 3.8) is 0 Å². The Balaban J connectivity index is 1.68. The topological polar surface area (TPSA) is 119 Å². The van der Waals surface area contributed by atoms with Crippen molar-refractivity contribution >= 4 is 11.7 Å². The Kier molecular flexibility index (Phi) is 6.71. The molecule has 8 heteroatoms. The van der Waals surface area contributed by atoms with Gasteiger partial charge in [0.1, 0.15) is 24.5 Å². The second-order valence-electron chi connectivity index (χ2n) is 5.22. The minimum atomic E-state index is -0.868. The van der Waals surface area contributed by atoms with Gasteiger partial charge in [0.15, 0.2) is 0 Å². The van der Waals surface area contributed by atoms with Gasteiger partial charge < -0.3 is 15.2 Å². The van der Waals surface area contributed by atoms with Crippen molar-refractivity contribution in [3.8, 4) is 11.8 Å². The van der Waals surface area contributed by atoms with Gasteiger partial charge in [0.2, 0.25) is 0 Å². The van der Waals surface area contributed by atoms with E-state index in [-0.39, 0.29) is 13.2 Å². The maximum atomic E-state index is 11.7. The Bertz CT molecular complexity index is 743. The van der Waals surface area contributed by atoms with Crippen LogP contribution in [0, 0.1) is 18.3 Å². The highest BCUT2D eigenvalue weighted by molar-refractivity contribution is 5.88. The molecule has 0 aliphatic rings. The van der Waals surface area contributed by atoms with Crippen LogP contribution in [-0.4, -0.2) is 35.4 Å². The number of aliphatic hydroxyl groups is 1. The summed E-state index contributed by atoms with van der Waals surface area (Å²) in [5, 5.41) is 21.4. The second-order valence-corrected chi connectivity index (χ2v) is 5.22. The van der Waals surface area contributed by atoms with Gasteiger partial charge in [-0.05, 0) is 31.2 Å². The third-order valence-electron chi connectivity index (χ3n) is 3.15. The Labute approximate surface area is 145 Å². The highest BCUT2D eigenvalue weighted by Crippen LogP contribution is 2.16. The molecule has 2 amide bonds. The number of amides is 2. The van der Waals surface area contributed by atoms with Crippen molar-refractivity contribution in [2.24, 2.45) is 0 Å². The van der Waals surface area contributed by atoms with E-state index < -0.39 is 12.1 Å². The molecule has 0 saturated heterocycles. The van der Waals surface area contributed by atoms with Gasteiger partial charge >= 0.3 is 6.03 Å². The average Bonchev–Trinajstić information content (AvgIpc) is 2.62. The minimum absolute atomic E-state index is 0.0170. The summed E-state index contributed by atoms with van der Waals surface area (Å²) in [7, 11) is 0. The fraction of sp³-hybridized carbons (Fsp3) is 0.235. The maximum absolute atomic E-state index is 11.7. The first kappa shape index (κ1) is 18.2. The van der Waals surface area contributed by atoms with Crippen LogP contribution in [0.1, 0.15) is 11.3 Å². The average molecular weight is 341 g/mol. The Morgan fingerprint density at radius 2 is 2.16 bits per heavy atom. The smallest absolute Gasteiger partial charge is 0.333 e. The van der Waals surface area contributed by atoms with Gasteiger partial charge in [-0.25, -0.2) is 10.2 Å². The van der Waals surface area contributed by atoms with Crippen LogP contribution >= 0.6 is 0 Å². The predicted molar refractivity (Wildman–Crippen MR) is 91.8 cm³/mol. The molecule has 1 atom stereocenters. The van der Waals surface area contributed by atoms with Crippen molar-refractivity contribution in [2.45, 2.75) is 13.0 Å². The van der Waals surface area contributed by atoms with E-state index in [1.807, 2.05) is 13.0 Å². The van der Waals surface area contributed by atoms with Crippen LogP contribution in [0.4, 0.5) is 10.5 Å². The summed E-state index contributed by atoms with van der Waals surface area (Å²) >= 11 is 0. The molecule has 0 aliphatic heterocycles. The van der Waals surface area contributed by atoms with Crippen LogP contribution in [0.25, 0.3) is 0 Å². The Morgan fingerprint density at radius 3 is 2.88 bits per heavy atom. The van der Waals surface area contributed by atoms with Crippen molar-refractivity contribution in [1.29, 1.82) is 5.26 Å². The number of urea groups is 1. The monoisotopic (exact) mass is 341 g/mol. The lowest BCUT2D eigenvalue weighted by molar-refractivity contribution is 0.104. The lowest BCUT2D eigenvalue weighted by atomic mass is 10.2. The zero-order chi connectivity index (χ0) is 18.1. The lowest BCUT2D eigenvalue weighted by Crippen LogP contribution is -2.45. The fourth-order valence-corrected chi connectivity index (χ4v) is 1.88. The van der Waals surface area contributed by atoms with Crippen molar-refractivity contribution in [2.75, 3.05) is 18.5 Å². The number of aromatic nitrogens is 1. The first-order chi connectivity index (χ1) is 12.1. The standard InChI is InChI=1S/C17H19N5O3/c1-12-6-7-14(9-19-12)21-17(24)22-20-10-15(23)11-25-16-5-3-2-4-13(16)8-18/h2-7,9,15,20,23H,10-11H2,1H3,(H2,21,22,24). The second kappa shape index (κ2) is 9.22. The molecular formula is C17H19N5O3. The van der Waals surface area contributed by atoms with Gasteiger partial charge in [0.25, 0.3) is 0 Å². The number of ether oxygens (including phenoxy) is 1. The largest absolute Gasteiger partial charge is 0.489 e. The first-order valence-electron chi connectivity index (χ1n) is 7.61. The van der Waals surface area contributed by atoms with Crippen LogP contribution in [0.3, 0.4) is 0 Å². The molecule has 0 bridgehead atoms. The van der Waals surface area contributed by atoms with Gasteiger partial charge in [-0.3, -0.25) is 10.4 Å². The van der Waals surface area contributed by atoms with Gasteiger partial charge in [-0.2, -0.15) is 5.26 Å². The highest BCUT2D eigenvalue weighted by Gasteiger charge is 2.08. The minimum Gasteiger partial charge on any atom is -0.489 e. The number of hydrazine groups is 1. The van der Waals surface area contributed by atoms with Crippen LogP contribution in [0.15, 0.2) is 42.6 Å². The van der Waals surface area contributed by atoms with Gasteiger partial charge in [-0.1, -0.05) is 12.1 Å². The number of para-hydroxylation sites is 1. The molecule has 4 N–H and O–H groups in total. The number of aliphatic hydroxyl groups excluding tert-OH is 1. The number of nitriles is 1. The number of pyridine rings is 1. The Hall–Kier alpha value is -3.15. The van der Waals surface area contributed by atoms with Gasteiger partial charge in [-0.15, -0.1) is 0 Å². The molecule has 0 fully saturated rings. The summed E-state index contributed by atoms with van der Waals surface area (Å²) in [6, 6.07) is 11.8. The van der Waals surface area contributed by atoms with E-state index in [4.69, 9.17) is 10.00 Å². The Morgan fingerprint density at radius 1 is 1.36 bits per heavy atom. The number of nitrogens with zero attached hydrogens (tertiary/aromatic N) is 2. The summed E-state index contributed by atoms with van der Waals surface area (Å²) in [6.45, 7) is 1.91. The molecule has 2 rings (SSSR count). The van der Waals surface area contributed by atoms with Crippen molar-refractivity contribution < 1.29 is 14.6 Å². The van der Waals surface area contributed by atoms with E-state index in [2.05, 4.69) is 21.2 Å².